The van der Waals surface area contributed by atoms with Crippen molar-refractivity contribution in [2.24, 2.45) is 0 Å². The number of alkyl halides is 6. The number of hydrogen-bond donors (Lipinski definition) is 2. The molecular weight excluding hydrogens is 516 g/mol. The van der Waals surface area contributed by atoms with E-state index in [0.29, 0.717) is 16.9 Å². The van der Waals surface area contributed by atoms with Gasteiger partial charge in [-0.25, -0.2) is 9.29 Å². The zero-order valence-corrected chi connectivity index (χ0v) is 20.0. The predicted octanol–water partition coefficient (Wildman–Crippen LogP) is 7.25. The Morgan fingerprint density at radius 3 is 2.19 bits per heavy atom. The fourth-order valence-electron chi connectivity index (χ4n) is 4.21. The Labute approximate surface area is 212 Å². The summed E-state index contributed by atoms with van der Waals surface area (Å²) in [4.78, 5) is 4.88. The van der Waals surface area contributed by atoms with Gasteiger partial charge in [-0.15, -0.1) is 0 Å². The molecule has 0 amide bonds. The maximum Gasteiger partial charge on any atom is 0.435 e. The van der Waals surface area contributed by atoms with Gasteiger partial charge in [-0.1, -0.05) is 18.2 Å². The highest BCUT2D eigenvalue weighted by atomic mass is 32.2. The summed E-state index contributed by atoms with van der Waals surface area (Å²) in [5.41, 5.74) is 0.0920. The van der Waals surface area contributed by atoms with E-state index >= 15 is 0 Å². The zero-order chi connectivity index (χ0) is 26.2. The second-order valence-corrected chi connectivity index (χ2v) is 9.89. The molecule has 2 aromatic heterocycles. The molecule has 4 aromatic rings. The van der Waals surface area contributed by atoms with Gasteiger partial charge in [0.2, 0.25) is 0 Å². The van der Waals surface area contributed by atoms with Crippen LogP contribution in [0.1, 0.15) is 24.1 Å². The lowest BCUT2D eigenvalue weighted by Gasteiger charge is -2.31. The molecule has 0 aliphatic carbocycles. The lowest BCUT2D eigenvalue weighted by atomic mass is 10.0. The van der Waals surface area contributed by atoms with Gasteiger partial charge < -0.3 is 5.32 Å². The summed E-state index contributed by atoms with van der Waals surface area (Å²) in [5.74, 6) is 0.422. The second kappa shape index (κ2) is 9.90. The van der Waals surface area contributed by atoms with Crippen molar-refractivity contribution < 1.29 is 26.3 Å². The van der Waals surface area contributed by atoms with Gasteiger partial charge in [0.15, 0.2) is 5.69 Å². The summed E-state index contributed by atoms with van der Waals surface area (Å²) in [6, 6.07) is 14.9. The molecule has 0 bridgehead atoms. The number of halogens is 6. The van der Waals surface area contributed by atoms with E-state index in [1.807, 2.05) is 24.3 Å². The Balaban J connectivity index is 1.17. The van der Waals surface area contributed by atoms with Crippen LogP contribution < -0.4 is 5.32 Å². The molecule has 1 fully saturated rings. The molecule has 1 saturated heterocycles. The predicted molar refractivity (Wildman–Crippen MR) is 130 cm³/mol. The monoisotopic (exact) mass is 537 g/mol. The standard InChI is InChI=1S/C25H21F6N5S/c26-24(27,28)17-4-8-22(32-14-17)33-18-9-11-36(12-10-18)37-19-5-1-15(2-6-19)16-3-7-21-20(13-16)23(35-34-21)25(29,30)31/h1-8,13-14,18H,9-12H2,(H,32,33)(H,34,35). The average Bonchev–Trinajstić information content (AvgIpc) is 3.30. The number of H-pyrrole nitrogens is 1. The summed E-state index contributed by atoms with van der Waals surface area (Å²) in [5, 5.41) is 9.07. The molecule has 5 rings (SSSR count). The molecule has 0 atom stereocenters. The van der Waals surface area contributed by atoms with Crippen molar-refractivity contribution in [1.29, 1.82) is 0 Å². The van der Waals surface area contributed by atoms with E-state index in [1.54, 1.807) is 24.1 Å². The number of nitrogens with one attached hydrogen (secondary N) is 2. The Bertz CT molecular complexity index is 1360. The molecule has 1 aliphatic rings. The lowest BCUT2D eigenvalue weighted by molar-refractivity contribution is -0.140. The number of aromatic amines is 1. The third-order valence-electron chi connectivity index (χ3n) is 6.15. The van der Waals surface area contributed by atoms with Crippen LogP contribution in [0.15, 0.2) is 65.7 Å². The van der Waals surface area contributed by atoms with Crippen LogP contribution in [0, 0.1) is 0 Å². The molecule has 2 aromatic carbocycles. The van der Waals surface area contributed by atoms with E-state index in [4.69, 9.17) is 0 Å². The third-order valence-corrected chi connectivity index (χ3v) is 7.26. The van der Waals surface area contributed by atoms with Crippen LogP contribution in [0.25, 0.3) is 22.0 Å². The van der Waals surface area contributed by atoms with Gasteiger partial charge in [-0.05, 0) is 72.3 Å². The van der Waals surface area contributed by atoms with Crippen LogP contribution in [0.3, 0.4) is 0 Å². The highest BCUT2D eigenvalue weighted by Crippen LogP contribution is 2.36. The molecule has 1 aliphatic heterocycles. The molecule has 0 spiro atoms. The minimum absolute atomic E-state index is 0.0337. The first kappa shape index (κ1) is 25.4. The Morgan fingerprint density at radius 2 is 1.57 bits per heavy atom. The van der Waals surface area contributed by atoms with Gasteiger partial charge in [-0.2, -0.15) is 31.4 Å². The third kappa shape index (κ3) is 5.85. The molecule has 37 heavy (non-hydrogen) atoms. The number of hydrogen-bond acceptors (Lipinski definition) is 5. The molecule has 2 N–H and O–H groups in total. The van der Waals surface area contributed by atoms with Crippen LogP contribution >= 0.6 is 11.9 Å². The summed E-state index contributed by atoms with van der Waals surface area (Å²) < 4.78 is 79.9. The average molecular weight is 538 g/mol. The highest BCUT2D eigenvalue weighted by molar-refractivity contribution is 7.97. The number of benzene rings is 2. The zero-order valence-electron chi connectivity index (χ0n) is 19.2. The van der Waals surface area contributed by atoms with E-state index in [2.05, 4.69) is 24.8 Å². The van der Waals surface area contributed by atoms with Gasteiger partial charge in [0.1, 0.15) is 5.82 Å². The largest absolute Gasteiger partial charge is 0.435 e. The number of nitrogens with zero attached hydrogens (tertiary/aromatic N) is 3. The molecule has 12 heteroatoms. The molecular formula is C25H21F6N5S. The number of anilines is 1. The highest BCUT2D eigenvalue weighted by Gasteiger charge is 2.36. The molecule has 194 valence electrons. The fraction of sp³-hybridized carbons (Fsp3) is 0.280. The van der Waals surface area contributed by atoms with Crippen LogP contribution in [0.2, 0.25) is 0 Å². The molecule has 0 radical (unpaired) electrons. The van der Waals surface area contributed by atoms with Gasteiger partial charge in [0.25, 0.3) is 0 Å². The lowest BCUT2D eigenvalue weighted by Crippen LogP contribution is -2.35. The number of piperidine rings is 1. The van der Waals surface area contributed by atoms with Gasteiger partial charge in [0, 0.05) is 35.6 Å². The second-order valence-electron chi connectivity index (χ2n) is 8.72. The molecule has 5 nitrogen and oxygen atoms in total. The van der Waals surface area contributed by atoms with Crippen molar-refractivity contribution in [2.75, 3.05) is 18.4 Å². The quantitative estimate of drug-likeness (QED) is 0.208. The van der Waals surface area contributed by atoms with E-state index in [1.165, 1.54) is 12.1 Å². The SMILES string of the molecule is FC(F)(F)c1ccc(NC2CCN(Sc3ccc(-c4ccc5[nH]nc(C(F)(F)F)c5c4)cc3)CC2)nc1. The van der Waals surface area contributed by atoms with Crippen molar-refractivity contribution >= 4 is 28.7 Å². The smallest absolute Gasteiger partial charge is 0.367 e. The number of rotatable bonds is 5. The first-order valence-electron chi connectivity index (χ1n) is 11.4. The van der Waals surface area contributed by atoms with E-state index < -0.39 is 23.6 Å². The molecule has 0 saturated carbocycles. The fourth-order valence-corrected chi connectivity index (χ4v) is 5.16. The first-order valence-corrected chi connectivity index (χ1v) is 12.2. The van der Waals surface area contributed by atoms with Crippen molar-refractivity contribution in [3.05, 3.63) is 72.1 Å². The first-order chi connectivity index (χ1) is 17.6. The molecule has 3 heterocycles. The van der Waals surface area contributed by atoms with Crippen molar-refractivity contribution in [2.45, 2.75) is 36.1 Å². The van der Waals surface area contributed by atoms with E-state index in [0.717, 1.165) is 48.7 Å². The topological polar surface area (TPSA) is 56.8 Å². The normalized spacial score (nSPS) is 15.8. The summed E-state index contributed by atoms with van der Waals surface area (Å²) in [7, 11) is 0. The number of pyridine rings is 1. The summed E-state index contributed by atoms with van der Waals surface area (Å²) in [6.45, 7) is 1.56. The van der Waals surface area contributed by atoms with Crippen molar-refractivity contribution in [3.8, 4) is 11.1 Å². The van der Waals surface area contributed by atoms with Crippen molar-refractivity contribution in [3.63, 3.8) is 0 Å². The van der Waals surface area contributed by atoms with Gasteiger partial charge >= 0.3 is 12.4 Å². The van der Waals surface area contributed by atoms with E-state index in [-0.39, 0.29) is 11.4 Å². The van der Waals surface area contributed by atoms with Crippen molar-refractivity contribution in [1.82, 2.24) is 19.5 Å². The number of aromatic nitrogens is 3. The summed E-state index contributed by atoms with van der Waals surface area (Å²) in [6.07, 6.45) is -6.50. The van der Waals surface area contributed by atoms with Crippen LogP contribution in [0.4, 0.5) is 32.2 Å². The maximum absolute atomic E-state index is 13.2. The summed E-state index contributed by atoms with van der Waals surface area (Å²) >= 11 is 1.59. The maximum atomic E-state index is 13.2. The Hall–Kier alpha value is -3.25. The van der Waals surface area contributed by atoms with Crippen LogP contribution in [-0.2, 0) is 12.4 Å². The minimum Gasteiger partial charge on any atom is -0.367 e. The van der Waals surface area contributed by atoms with Crippen LogP contribution in [0.5, 0.6) is 0 Å². The van der Waals surface area contributed by atoms with E-state index in [9.17, 15) is 26.3 Å². The minimum atomic E-state index is -4.53. The number of fused-ring (bicyclic) bond motifs is 1. The Kier molecular flexibility index (Phi) is 6.80. The van der Waals surface area contributed by atoms with Gasteiger partial charge in [-0.3, -0.25) is 5.10 Å². The molecule has 0 unspecified atom stereocenters. The van der Waals surface area contributed by atoms with Crippen LogP contribution in [-0.4, -0.2) is 38.6 Å². The van der Waals surface area contributed by atoms with Gasteiger partial charge in [0.05, 0.1) is 11.1 Å². The Morgan fingerprint density at radius 1 is 0.865 bits per heavy atom.